The molecule has 1 aliphatic heterocycles. The maximum atomic E-state index is 12.4. The Kier molecular flexibility index (Phi) is 4.10. The molecule has 138 valence electrons. The van der Waals surface area contributed by atoms with Gasteiger partial charge in [-0.25, -0.2) is 0 Å². The number of nitriles is 1. The van der Waals surface area contributed by atoms with E-state index < -0.39 is 5.54 Å². The Bertz CT molecular complexity index is 1250. The molecule has 2 heterocycles. The molecule has 1 amide bonds. The van der Waals surface area contributed by atoms with Crippen LogP contribution >= 0.6 is 11.3 Å². The van der Waals surface area contributed by atoms with Crippen LogP contribution < -0.4 is 5.32 Å². The van der Waals surface area contributed by atoms with Gasteiger partial charge in [0.2, 0.25) is 5.91 Å². The first-order valence-electron chi connectivity index (χ1n) is 8.83. The molecule has 2 N–H and O–H groups in total. The van der Waals surface area contributed by atoms with E-state index in [1.54, 1.807) is 18.4 Å². The average Bonchev–Trinajstić information content (AvgIpc) is 3.02. The normalized spacial score (nSPS) is 19.3. The number of rotatable bonds is 1. The van der Waals surface area contributed by atoms with Crippen molar-refractivity contribution in [3.8, 4) is 17.9 Å². The number of nitrogens with zero attached hydrogens (tertiary/aromatic N) is 2. The highest BCUT2D eigenvalue weighted by atomic mass is 32.1. The summed E-state index contributed by atoms with van der Waals surface area (Å²) in [6.45, 7) is 3.68. The molecule has 1 fully saturated rings. The molecule has 0 unspecified atom stereocenters. The predicted octanol–water partition coefficient (Wildman–Crippen LogP) is 3.90. The van der Waals surface area contributed by atoms with Gasteiger partial charge in [0, 0.05) is 32.8 Å². The summed E-state index contributed by atoms with van der Waals surface area (Å²) in [6.07, 6.45) is 0.181. The summed E-state index contributed by atoms with van der Waals surface area (Å²) in [4.78, 5) is 13.7. The fraction of sp³-hybridized carbons (Fsp3) is 0.227. The lowest BCUT2D eigenvalue weighted by atomic mass is 9.83. The molecule has 1 atom stereocenters. The third kappa shape index (κ3) is 2.70. The van der Waals surface area contributed by atoms with Gasteiger partial charge >= 0.3 is 0 Å². The quantitative estimate of drug-likeness (QED) is 0.623. The number of fused-ring (bicyclic) bond motifs is 3. The van der Waals surface area contributed by atoms with E-state index in [-0.39, 0.29) is 18.3 Å². The molecule has 1 aliphatic rings. The minimum atomic E-state index is -0.810. The smallest absolute Gasteiger partial charge is 0.231 e. The highest BCUT2D eigenvalue weighted by Crippen LogP contribution is 2.40. The van der Waals surface area contributed by atoms with Gasteiger partial charge in [0.25, 0.3) is 0 Å². The van der Waals surface area contributed by atoms with Gasteiger partial charge in [0.15, 0.2) is 5.96 Å². The molecule has 3 aromatic rings. The fourth-order valence-electron chi connectivity index (χ4n) is 3.69. The average molecular weight is 386 g/mol. The second-order valence-corrected chi connectivity index (χ2v) is 8.21. The number of nitrogens with one attached hydrogen (secondary N) is 2. The first-order chi connectivity index (χ1) is 13.4. The molecule has 1 saturated heterocycles. The zero-order valence-electron chi connectivity index (χ0n) is 15.8. The summed E-state index contributed by atoms with van der Waals surface area (Å²) in [5.74, 6) is 5.91. The Hall–Kier alpha value is -3.35. The number of guanidine groups is 1. The maximum absolute atomic E-state index is 12.4. The van der Waals surface area contributed by atoms with E-state index in [2.05, 4.69) is 35.4 Å². The van der Waals surface area contributed by atoms with Crippen LogP contribution in [0.3, 0.4) is 0 Å². The summed E-state index contributed by atoms with van der Waals surface area (Å²) in [5, 5.41) is 23.1. The van der Waals surface area contributed by atoms with E-state index in [4.69, 9.17) is 5.41 Å². The van der Waals surface area contributed by atoms with Crippen molar-refractivity contribution in [1.29, 1.82) is 10.7 Å². The molecule has 0 spiro atoms. The second kappa shape index (κ2) is 6.37. The van der Waals surface area contributed by atoms with Gasteiger partial charge in [-0.2, -0.15) is 5.26 Å². The van der Waals surface area contributed by atoms with E-state index in [9.17, 15) is 10.1 Å². The van der Waals surface area contributed by atoms with E-state index in [1.807, 2.05) is 32.0 Å². The van der Waals surface area contributed by atoms with Crippen molar-refractivity contribution >= 4 is 43.4 Å². The fourth-order valence-corrected chi connectivity index (χ4v) is 4.80. The van der Waals surface area contributed by atoms with Crippen LogP contribution in [0.4, 0.5) is 0 Å². The number of hydrogen-bond acceptors (Lipinski definition) is 4. The SMILES string of the molecule is CC#Cc1ccc2sc3cc(C#N)c([C@]4(C)CC(=O)N(C)C(=N)N4)cc3c2c1. The molecule has 0 radical (unpaired) electrons. The van der Waals surface area contributed by atoms with Crippen molar-refractivity contribution in [1.82, 2.24) is 10.2 Å². The van der Waals surface area contributed by atoms with Crippen LogP contribution in [0.25, 0.3) is 20.2 Å². The third-order valence-electron chi connectivity index (χ3n) is 5.20. The molecule has 0 aliphatic carbocycles. The number of carbonyl (C=O) groups excluding carboxylic acids is 1. The zero-order valence-corrected chi connectivity index (χ0v) is 16.6. The van der Waals surface area contributed by atoms with E-state index in [0.717, 1.165) is 31.3 Å². The van der Waals surface area contributed by atoms with Gasteiger partial charge in [0.1, 0.15) is 0 Å². The molecule has 1 aromatic heterocycles. The monoisotopic (exact) mass is 386 g/mol. The Morgan fingerprint density at radius 3 is 2.68 bits per heavy atom. The minimum absolute atomic E-state index is 0.0402. The summed E-state index contributed by atoms with van der Waals surface area (Å²) in [6, 6.07) is 12.3. The van der Waals surface area contributed by atoms with Gasteiger partial charge in [-0.05, 0) is 49.7 Å². The summed E-state index contributed by atoms with van der Waals surface area (Å²) in [7, 11) is 1.58. The van der Waals surface area contributed by atoms with E-state index in [0.29, 0.717) is 5.56 Å². The molecule has 0 bridgehead atoms. The van der Waals surface area contributed by atoms with Crippen LogP contribution in [-0.2, 0) is 10.3 Å². The number of amides is 1. The first-order valence-corrected chi connectivity index (χ1v) is 9.65. The van der Waals surface area contributed by atoms with Crippen molar-refractivity contribution in [2.75, 3.05) is 7.05 Å². The predicted molar refractivity (Wildman–Crippen MR) is 112 cm³/mol. The van der Waals surface area contributed by atoms with Crippen LogP contribution in [0.15, 0.2) is 30.3 Å². The summed E-state index contributed by atoms with van der Waals surface area (Å²) < 4.78 is 2.15. The number of thiophene rings is 1. The molecule has 6 heteroatoms. The highest BCUT2D eigenvalue weighted by Gasteiger charge is 2.39. The zero-order chi connectivity index (χ0) is 20.1. The van der Waals surface area contributed by atoms with Crippen molar-refractivity contribution in [2.45, 2.75) is 25.8 Å². The van der Waals surface area contributed by atoms with Crippen molar-refractivity contribution < 1.29 is 4.79 Å². The number of carbonyl (C=O) groups is 1. The van der Waals surface area contributed by atoms with Gasteiger partial charge in [-0.15, -0.1) is 17.3 Å². The van der Waals surface area contributed by atoms with Crippen molar-refractivity contribution in [2.24, 2.45) is 0 Å². The van der Waals surface area contributed by atoms with E-state index in [1.165, 1.54) is 4.90 Å². The van der Waals surface area contributed by atoms with Gasteiger partial charge < -0.3 is 5.32 Å². The third-order valence-corrected chi connectivity index (χ3v) is 6.34. The Labute approximate surface area is 167 Å². The molecular weight excluding hydrogens is 368 g/mol. The van der Waals surface area contributed by atoms with Gasteiger partial charge in [-0.1, -0.05) is 5.92 Å². The van der Waals surface area contributed by atoms with Crippen LogP contribution in [0, 0.1) is 28.6 Å². The molecule has 4 rings (SSSR count). The highest BCUT2D eigenvalue weighted by molar-refractivity contribution is 7.25. The second-order valence-electron chi connectivity index (χ2n) is 7.13. The van der Waals surface area contributed by atoms with Crippen molar-refractivity contribution in [3.63, 3.8) is 0 Å². The largest absolute Gasteiger partial charge is 0.346 e. The minimum Gasteiger partial charge on any atom is -0.346 e. The molecule has 28 heavy (non-hydrogen) atoms. The van der Waals surface area contributed by atoms with Gasteiger partial charge in [-0.3, -0.25) is 15.1 Å². The lowest BCUT2D eigenvalue weighted by Gasteiger charge is -2.40. The first kappa shape index (κ1) is 18.0. The lowest BCUT2D eigenvalue weighted by molar-refractivity contribution is -0.129. The van der Waals surface area contributed by atoms with Crippen LogP contribution in [0.5, 0.6) is 0 Å². The molecule has 0 saturated carbocycles. The number of hydrogen-bond donors (Lipinski definition) is 2. The van der Waals surface area contributed by atoms with Crippen LogP contribution in [0.1, 0.15) is 37.0 Å². The molecular formula is C22H18N4OS. The summed E-state index contributed by atoms with van der Waals surface area (Å²) in [5.41, 5.74) is 1.39. The van der Waals surface area contributed by atoms with Crippen LogP contribution in [0.2, 0.25) is 0 Å². The van der Waals surface area contributed by atoms with Gasteiger partial charge in [0.05, 0.1) is 23.6 Å². The maximum Gasteiger partial charge on any atom is 0.231 e. The Balaban J connectivity index is 1.97. The molecule has 2 aromatic carbocycles. The summed E-state index contributed by atoms with van der Waals surface area (Å²) >= 11 is 1.64. The standard InChI is InChI=1S/C22H18N4OS/c1-4-5-13-6-7-18-15(8-13)16-10-17(14(12-23)9-19(16)28-18)22(2)11-20(27)26(3)21(24)25-22/h6-10H,11H2,1-3H3,(H2,24,25)/t22-/m0/s1. The molecule has 5 nitrogen and oxygen atoms in total. The Morgan fingerprint density at radius 2 is 2.00 bits per heavy atom. The topological polar surface area (TPSA) is 80.0 Å². The van der Waals surface area contributed by atoms with Crippen molar-refractivity contribution in [3.05, 3.63) is 47.0 Å². The Morgan fingerprint density at radius 1 is 1.25 bits per heavy atom. The lowest BCUT2D eigenvalue weighted by Crippen LogP contribution is -2.58. The number of benzene rings is 2. The van der Waals surface area contributed by atoms with E-state index >= 15 is 0 Å². The van der Waals surface area contributed by atoms with Crippen LogP contribution in [-0.4, -0.2) is 23.8 Å².